The van der Waals surface area contributed by atoms with Crippen molar-refractivity contribution < 1.29 is 29.4 Å². The van der Waals surface area contributed by atoms with Crippen LogP contribution in [0, 0.1) is 5.92 Å². The molecule has 1 aromatic carbocycles. The fourth-order valence-corrected chi connectivity index (χ4v) is 3.40. The summed E-state index contributed by atoms with van der Waals surface area (Å²) in [6.45, 7) is 5.29. The van der Waals surface area contributed by atoms with Crippen molar-refractivity contribution in [2.45, 2.75) is 70.6 Å². The van der Waals surface area contributed by atoms with Gasteiger partial charge in [-0.25, -0.2) is 4.79 Å². The normalized spacial score (nSPS) is 14.1. The molecule has 4 atom stereocenters. The number of nitrogens with zero attached hydrogens (tertiary/aromatic N) is 1. The van der Waals surface area contributed by atoms with Gasteiger partial charge in [0.1, 0.15) is 23.9 Å². The van der Waals surface area contributed by atoms with E-state index in [9.17, 15) is 29.4 Å². The predicted molar refractivity (Wildman–Crippen MR) is 138 cm³/mol. The van der Waals surface area contributed by atoms with Crippen LogP contribution in [0.1, 0.15) is 45.6 Å². The SMILES string of the molecule is CC(C)CC(NC(=O)C(C)NC(=O)C(CCCN=C(N)N)NC(=O)C(N)Cc1ccc(O)cc1)C(=O)O. The first-order chi connectivity index (χ1) is 17.3. The Labute approximate surface area is 216 Å². The van der Waals surface area contributed by atoms with Crippen LogP contribution in [-0.4, -0.2) is 70.6 Å². The molecule has 0 aliphatic heterocycles. The lowest BCUT2D eigenvalue weighted by Crippen LogP contribution is -2.56. The number of carboxylic acids is 1. The largest absolute Gasteiger partial charge is 0.508 e. The van der Waals surface area contributed by atoms with E-state index in [1.807, 2.05) is 13.8 Å². The molecule has 37 heavy (non-hydrogen) atoms. The predicted octanol–water partition coefficient (Wildman–Crippen LogP) is -1.08. The molecular weight excluding hydrogens is 482 g/mol. The molecule has 3 amide bonds. The first kappa shape index (κ1) is 31.2. The number of aromatic hydroxyl groups is 1. The molecule has 1 rings (SSSR count). The molecule has 0 aliphatic carbocycles. The van der Waals surface area contributed by atoms with E-state index in [-0.39, 0.29) is 43.4 Å². The Morgan fingerprint density at radius 2 is 1.51 bits per heavy atom. The molecule has 0 fully saturated rings. The number of carboxylic acid groups (broad SMARTS) is 1. The van der Waals surface area contributed by atoms with Crippen LogP contribution in [0.15, 0.2) is 29.3 Å². The quantitative estimate of drug-likeness (QED) is 0.0794. The van der Waals surface area contributed by atoms with Gasteiger partial charge in [0, 0.05) is 6.54 Å². The number of carbonyl (C=O) groups is 4. The summed E-state index contributed by atoms with van der Waals surface area (Å²) in [6.07, 6.45) is 0.892. The van der Waals surface area contributed by atoms with E-state index in [1.54, 1.807) is 12.1 Å². The van der Waals surface area contributed by atoms with Gasteiger partial charge in [-0.3, -0.25) is 19.4 Å². The number of guanidine groups is 1. The molecule has 0 aliphatic rings. The summed E-state index contributed by atoms with van der Waals surface area (Å²) in [4.78, 5) is 53.5. The van der Waals surface area contributed by atoms with E-state index < -0.39 is 47.9 Å². The molecular formula is C24H39N7O6. The summed E-state index contributed by atoms with van der Waals surface area (Å²) in [7, 11) is 0. The number of phenolic OH excluding ortho intramolecular Hbond substituents is 1. The molecule has 11 N–H and O–H groups in total. The van der Waals surface area contributed by atoms with E-state index in [0.717, 1.165) is 0 Å². The van der Waals surface area contributed by atoms with Crippen molar-refractivity contribution in [2.24, 2.45) is 28.1 Å². The number of amides is 3. The van der Waals surface area contributed by atoms with Gasteiger partial charge in [-0.15, -0.1) is 0 Å². The fourth-order valence-electron chi connectivity index (χ4n) is 3.40. The third-order valence-corrected chi connectivity index (χ3v) is 5.38. The molecule has 13 nitrogen and oxygen atoms in total. The second kappa shape index (κ2) is 15.3. The molecule has 0 saturated carbocycles. The van der Waals surface area contributed by atoms with Crippen molar-refractivity contribution >= 4 is 29.7 Å². The zero-order valence-electron chi connectivity index (χ0n) is 21.4. The molecule has 0 aromatic heterocycles. The van der Waals surface area contributed by atoms with Crippen LogP contribution in [0.4, 0.5) is 0 Å². The number of phenols is 1. The number of aliphatic imine (C=N–C) groups is 1. The van der Waals surface area contributed by atoms with Crippen LogP contribution in [0.3, 0.4) is 0 Å². The van der Waals surface area contributed by atoms with Crippen LogP contribution in [-0.2, 0) is 25.6 Å². The Morgan fingerprint density at radius 1 is 0.919 bits per heavy atom. The average Bonchev–Trinajstić information content (AvgIpc) is 2.81. The highest BCUT2D eigenvalue weighted by atomic mass is 16.4. The highest BCUT2D eigenvalue weighted by molar-refractivity contribution is 5.94. The van der Waals surface area contributed by atoms with Crippen LogP contribution >= 0.6 is 0 Å². The minimum absolute atomic E-state index is 0.0295. The zero-order chi connectivity index (χ0) is 28.1. The van der Waals surface area contributed by atoms with Crippen molar-refractivity contribution in [2.75, 3.05) is 6.54 Å². The minimum atomic E-state index is -1.17. The van der Waals surface area contributed by atoms with Crippen molar-refractivity contribution in [3.8, 4) is 5.75 Å². The maximum Gasteiger partial charge on any atom is 0.326 e. The second-order valence-corrected chi connectivity index (χ2v) is 9.25. The summed E-state index contributed by atoms with van der Waals surface area (Å²) >= 11 is 0. The van der Waals surface area contributed by atoms with E-state index in [4.69, 9.17) is 17.2 Å². The number of hydrogen-bond donors (Lipinski definition) is 8. The van der Waals surface area contributed by atoms with Gasteiger partial charge in [0.05, 0.1) is 6.04 Å². The third-order valence-electron chi connectivity index (χ3n) is 5.38. The summed E-state index contributed by atoms with van der Waals surface area (Å²) in [5.41, 5.74) is 17.4. The van der Waals surface area contributed by atoms with Gasteiger partial charge in [-0.1, -0.05) is 26.0 Å². The smallest absolute Gasteiger partial charge is 0.326 e. The Balaban J connectivity index is 2.85. The number of carbonyl (C=O) groups excluding carboxylic acids is 3. The number of benzene rings is 1. The topological polar surface area (TPSA) is 235 Å². The van der Waals surface area contributed by atoms with Crippen LogP contribution in [0.5, 0.6) is 5.75 Å². The summed E-state index contributed by atoms with van der Waals surface area (Å²) in [6, 6.07) is 2.02. The minimum Gasteiger partial charge on any atom is -0.508 e. The number of rotatable bonds is 15. The second-order valence-electron chi connectivity index (χ2n) is 9.25. The lowest BCUT2D eigenvalue weighted by molar-refractivity contribution is -0.142. The zero-order valence-corrected chi connectivity index (χ0v) is 21.4. The number of nitrogens with two attached hydrogens (primary N) is 3. The highest BCUT2D eigenvalue weighted by Crippen LogP contribution is 2.11. The van der Waals surface area contributed by atoms with E-state index in [0.29, 0.717) is 12.0 Å². The highest BCUT2D eigenvalue weighted by Gasteiger charge is 2.28. The number of hydrogen-bond acceptors (Lipinski definition) is 7. The molecule has 13 heteroatoms. The van der Waals surface area contributed by atoms with Crippen molar-refractivity contribution in [1.29, 1.82) is 0 Å². The van der Waals surface area contributed by atoms with Crippen LogP contribution in [0.25, 0.3) is 0 Å². The lowest BCUT2D eigenvalue weighted by Gasteiger charge is -2.24. The van der Waals surface area contributed by atoms with Crippen LogP contribution < -0.4 is 33.2 Å². The van der Waals surface area contributed by atoms with E-state index in [1.165, 1.54) is 19.1 Å². The molecule has 0 bridgehead atoms. The maximum atomic E-state index is 13.0. The van der Waals surface area contributed by atoms with Gasteiger partial charge in [0.25, 0.3) is 0 Å². The van der Waals surface area contributed by atoms with Gasteiger partial charge in [-0.2, -0.15) is 0 Å². The Kier molecular flexibility index (Phi) is 12.9. The van der Waals surface area contributed by atoms with E-state index in [2.05, 4.69) is 20.9 Å². The molecule has 0 radical (unpaired) electrons. The lowest BCUT2D eigenvalue weighted by atomic mass is 10.0. The first-order valence-electron chi connectivity index (χ1n) is 12.0. The Hall–Kier alpha value is -3.87. The van der Waals surface area contributed by atoms with Gasteiger partial charge < -0.3 is 43.4 Å². The number of aliphatic carboxylic acids is 1. The molecule has 0 heterocycles. The van der Waals surface area contributed by atoms with Crippen molar-refractivity contribution in [3.63, 3.8) is 0 Å². The Bertz CT molecular complexity index is 947. The molecule has 0 saturated heterocycles. The summed E-state index contributed by atoms with van der Waals surface area (Å²) < 4.78 is 0. The first-order valence-corrected chi connectivity index (χ1v) is 12.0. The molecule has 0 spiro atoms. The maximum absolute atomic E-state index is 13.0. The van der Waals surface area contributed by atoms with Crippen molar-refractivity contribution in [1.82, 2.24) is 16.0 Å². The Morgan fingerprint density at radius 3 is 2.05 bits per heavy atom. The van der Waals surface area contributed by atoms with Gasteiger partial charge in [0.2, 0.25) is 17.7 Å². The van der Waals surface area contributed by atoms with Gasteiger partial charge in [0.15, 0.2) is 5.96 Å². The molecule has 206 valence electrons. The van der Waals surface area contributed by atoms with E-state index >= 15 is 0 Å². The fraction of sp³-hybridized carbons (Fsp3) is 0.542. The monoisotopic (exact) mass is 521 g/mol. The summed E-state index contributed by atoms with van der Waals surface area (Å²) in [5.74, 6) is -3.08. The van der Waals surface area contributed by atoms with Crippen LogP contribution in [0.2, 0.25) is 0 Å². The van der Waals surface area contributed by atoms with Gasteiger partial charge >= 0.3 is 5.97 Å². The number of nitrogens with one attached hydrogen (secondary N) is 3. The summed E-state index contributed by atoms with van der Waals surface area (Å²) in [5, 5.41) is 26.3. The molecule has 4 unspecified atom stereocenters. The van der Waals surface area contributed by atoms with Gasteiger partial charge in [-0.05, 0) is 56.2 Å². The molecule has 1 aromatic rings. The van der Waals surface area contributed by atoms with Crippen molar-refractivity contribution in [3.05, 3.63) is 29.8 Å². The average molecular weight is 522 g/mol. The third kappa shape index (κ3) is 12.1. The standard InChI is InChI=1S/C24H39N7O6/c1-13(2)11-19(23(36)37)31-20(33)14(3)29-22(35)18(5-4-10-28-24(26)27)30-21(34)17(25)12-15-6-8-16(32)9-7-15/h6-9,13-14,17-19,32H,4-5,10-12,25H2,1-3H3,(H,29,35)(H,30,34)(H,31,33)(H,36,37)(H4,26,27,28).